The molecule has 2 atom stereocenters. The van der Waals surface area contributed by atoms with Crippen molar-refractivity contribution in [3.05, 3.63) is 0 Å². The van der Waals surface area contributed by atoms with Crippen LogP contribution in [0.2, 0.25) is 0 Å². The van der Waals surface area contributed by atoms with E-state index in [0.717, 1.165) is 13.0 Å². The molecule has 1 aliphatic heterocycles. The lowest BCUT2D eigenvalue weighted by molar-refractivity contribution is 0.0507. The van der Waals surface area contributed by atoms with Crippen molar-refractivity contribution in [2.75, 3.05) is 6.61 Å². The lowest BCUT2D eigenvalue weighted by Crippen LogP contribution is -2.01. The zero-order valence-corrected chi connectivity index (χ0v) is 8.92. The fourth-order valence-corrected chi connectivity index (χ4v) is 1.48. The van der Waals surface area contributed by atoms with Gasteiger partial charge in [0, 0.05) is 6.61 Å². The van der Waals surface area contributed by atoms with E-state index in [1.165, 1.54) is 32.1 Å². The van der Waals surface area contributed by atoms with Crippen molar-refractivity contribution in [1.82, 2.24) is 0 Å². The lowest BCUT2D eigenvalue weighted by atomic mass is 10.1. The van der Waals surface area contributed by atoms with Gasteiger partial charge < -0.3 is 9.47 Å². The Kier molecular flexibility index (Phi) is 5.40. The van der Waals surface area contributed by atoms with Crippen molar-refractivity contribution < 1.29 is 9.47 Å². The van der Waals surface area contributed by atoms with Crippen LogP contribution >= 0.6 is 0 Å². The minimum Gasteiger partial charge on any atom is -0.350 e. The van der Waals surface area contributed by atoms with Crippen LogP contribution in [0, 0.1) is 0 Å². The maximum absolute atomic E-state index is 5.45. The molecule has 0 aliphatic carbocycles. The summed E-state index contributed by atoms with van der Waals surface area (Å²) in [6, 6.07) is 0. The fourth-order valence-electron chi connectivity index (χ4n) is 1.48. The van der Waals surface area contributed by atoms with Gasteiger partial charge in [-0.15, -0.1) is 0 Å². The number of epoxide rings is 1. The first-order chi connectivity index (χ1) is 6.38. The molecule has 0 N–H and O–H groups in total. The van der Waals surface area contributed by atoms with Crippen LogP contribution < -0.4 is 0 Å². The summed E-state index contributed by atoms with van der Waals surface area (Å²) in [4.78, 5) is 0. The standard InChI is InChI=1S/C11H22O2/c1-3-5-6-7-8-10-11(13-10)12-9-4-2/h10-11H,3-9H2,1-2H3. The van der Waals surface area contributed by atoms with Crippen LogP contribution in [0.4, 0.5) is 0 Å². The van der Waals surface area contributed by atoms with Crippen molar-refractivity contribution in [1.29, 1.82) is 0 Å². The van der Waals surface area contributed by atoms with Gasteiger partial charge in [0.25, 0.3) is 0 Å². The first-order valence-corrected chi connectivity index (χ1v) is 5.65. The van der Waals surface area contributed by atoms with E-state index in [1.807, 2.05) is 0 Å². The number of ether oxygens (including phenoxy) is 2. The summed E-state index contributed by atoms with van der Waals surface area (Å²) in [5, 5.41) is 0. The minimum atomic E-state index is 0.140. The van der Waals surface area contributed by atoms with Crippen molar-refractivity contribution in [2.24, 2.45) is 0 Å². The van der Waals surface area contributed by atoms with Gasteiger partial charge in [-0.05, 0) is 12.8 Å². The van der Waals surface area contributed by atoms with Gasteiger partial charge in [0.05, 0.1) is 0 Å². The molecule has 2 nitrogen and oxygen atoms in total. The second kappa shape index (κ2) is 6.39. The monoisotopic (exact) mass is 186 g/mol. The van der Waals surface area contributed by atoms with E-state index in [0.29, 0.717) is 6.10 Å². The first kappa shape index (κ1) is 11.0. The Labute approximate surface area is 81.6 Å². The molecule has 1 rings (SSSR count). The Morgan fingerprint density at radius 1 is 1.08 bits per heavy atom. The molecule has 0 saturated carbocycles. The molecule has 2 unspecified atom stereocenters. The molecule has 0 amide bonds. The van der Waals surface area contributed by atoms with Crippen LogP contribution in [0.5, 0.6) is 0 Å². The van der Waals surface area contributed by atoms with Crippen LogP contribution in [-0.2, 0) is 9.47 Å². The van der Waals surface area contributed by atoms with Gasteiger partial charge in [0.15, 0.2) is 6.29 Å². The highest BCUT2D eigenvalue weighted by atomic mass is 16.8. The smallest absolute Gasteiger partial charge is 0.184 e. The van der Waals surface area contributed by atoms with Gasteiger partial charge in [-0.2, -0.15) is 0 Å². The normalized spacial score (nSPS) is 26.3. The third-order valence-corrected chi connectivity index (χ3v) is 2.36. The summed E-state index contributed by atoms with van der Waals surface area (Å²) in [5.74, 6) is 0. The van der Waals surface area contributed by atoms with E-state index >= 15 is 0 Å². The predicted octanol–water partition coefficient (Wildman–Crippen LogP) is 3.11. The van der Waals surface area contributed by atoms with Gasteiger partial charge >= 0.3 is 0 Å². The van der Waals surface area contributed by atoms with Gasteiger partial charge in [-0.1, -0.05) is 39.5 Å². The molecule has 0 aromatic carbocycles. The van der Waals surface area contributed by atoms with Crippen LogP contribution in [0.15, 0.2) is 0 Å². The average molecular weight is 186 g/mol. The van der Waals surface area contributed by atoms with Crippen LogP contribution in [0.1, 0.15) is 52.4 Å². The van der Waals surface area contributed by atoms with Gasteiger partial charge in [-0.3, -0.25) is 0 Å². The molecule has 0 aromatic heterocycles. The van der Waals surface area contributed by atoms with Gasteiger partial charge in [0.2, 0.25) is 0 Å². The molecule has 1 heterocycles. The second-order valence-electron chi connectivity index (χ2n) is 3.76. The van der Waals surface area contributed by atoms with E-state index in [1.54, 1.807) is 0 Å². The predicted molar refractivity (Wildman–Crippen MR) is 53.7 cm³/mol. The molecule has 2 heteroatoms. The Morgan fingerprint density at radius 3 is 2.62 bits per heavy atom. The molecule has 0 bridgehead atoms. The third-order valence-electron chi connectivity index (χ3n) is 2.36. The quantitative estimate of drug-likeness (QED) is 0.429. The number of hydrogen-bond donors (Lipinski definition) is 0. The van der Waals surface area contributed by atoms with Crippen molar-refractivity contribution >= 4 is 0 Å². The number of rotatable bonds is 8. The third kappa shape index (κ3) is 4.63. The van der Waals surface area contributed by atoms with Crippen LogP contribution in [0.25, 0.3) is 0 Å². The lowest BCUT2D eigenvalue weighted by Gasteiger charge is -1.97. The summed E-state index contributed by atoms with van der Waals surface area (Å²) in [5.41, 5.74) is 0. The van der Waals surface area contributed by atoms with E-state index < -0.39 is 0 Å². The molecule has 13 heavy (non-hydrogen) atoms. The highest BCUT2D eigenvalue weighted by molar-refractivity contribution is 4.76. The van der Waals surface area contributed by atoms with Crippen molar-refractivity contribution in [3.63, 3.8) is 0 Å². The molecule has 1 fully saturated rings. The molecular weight excluding hydrogens is 164 g/mol. The van der Waals surface area contributed by atoms with E-state index in [2.05, 4.69) is 13.8 Å². The van der Waals surface area contributed by atoms with Crippen molar-refractivity contribution in [2.45, 2.75) is 64.8 Å². The average Bonchev–Trinajstić information content (AvgIpc) is 2.88. The summed E-state index contributed by atoms with van der Waals surface area (Å²) >= 11 is 0. The molecule has 78 valence electrons. The van der Waals surface area contributed by atoms with Gasteiger partial charge in [0.1, 0.15) is 6.10 Å². The van der Waals surface area contributed by atoms with Crippen LogP contribution in [0.3, 0.4) is 0 Å². The maximum Gasteiger partial charge on any atom is 0.184 e. The highest BCUT2D eigenvalue weighted by Crippen LogP contribution is 2.28. The number of hydrogen-bond acceptors (Lipinski definition) is 2. The molecular formula is C11H22O2. The zero-order chi connectivity index (χ0) is 9.52. The van der Waals surface area contributed by atoms with E-state index in [9.17, 15) is 0 Å². The SMILES string of the molecule is CCCCCCC1OC1OCCC. The molecule has 0 spiro atoms. The Morgan fingerprint density at radius 2 is 1.92 bits per heavy atom. The minimum absolute atomic E-state index is 0.140. The molecule has 0 radical (unpaired) electrons. The fraction of sp³-hybridized carbons (Fsp3) is 1.00. The second-order valence-corrected chi connectivity index (χ2v) is 3.76. The topological polar surface area (TPSA) is 21.8 Å². The summed E-state index contributed by atoms with van der Waals surface area (Å²) in [7, 11) is 0. The van der Waals surface area contributed by atoms with Crippen LogP contribution in [-0.4, -0.2) is 19.0 Å². The highest BCUT2D eigenvalue weighted by Gasteiger charge is 2.38. The maximum atomic E-state index is 5.45. The Hall–Kier alpha value is -0.0800. The zero-order valence-electron chi connectivity index (χ0n) is 8.92. The van der Waals surface area contributed by atoms with E-state index in [-0.39, 0.29) is 6.29 Å². The Bertz CT molecular complexity index is 125. The Balaban J connectivity index is 1.83. The molecule has 0 aromatic rings. The van der Waals surface area contributed by atoms with E-state index in [4.69, 9.17) is 9.47 Å². The van der Waals surface area contributed by atoms with Gasteiger partial charge in [-0.25, -0.2) is 0 Å². The first-order valence-electron chi connectivity index (χ1n) is 5.65. The summed E-state index contributed by atoms with van der Waals surface area (Å²) < 4.78 is 10.8. The largest absolute Gasteiger partial charge is 0.350 e. The molecule has 1 aliphatic rings. The number of unbranched alkanes of at least 4 members (excludes halogenated alkanes) is 3. The van der Waals surface area contributed by atoms with Crippen molar-refractivity contribution in [3.8, 4) is 0 Å². The molecule has 1 saturated heterocycles. The summed E-state index contributed by atoms with van der Waals surface area (Å²) in [6.07, 6.45) is 8.14. The summed E-state index contributed by atoms with van der Waals surface area (Å²) in [6.45, 7) is 5.20.